The first-order valence-corrected chi connectivity index (χ1v) is 7.20. The second-order valence-electron chi connectivity index (χ2n) is 4.98. The summed E-state index contributed by atoms with van der Waals surface area (Å²) in [6, 6.07) is 6.68. The lowest BCUT2D eigenvalue weighted by Gasteiger charge is -2.33. The minimum Gasteiger partial charge on any atom is -0.481 e. The number of likely N-dealkylation sites (tertiary alicyclic amines) is 1. The van der Waals surface area contributed by atoms with Gasteiger partial charge in [0.15, 0.2) is 0 Å². The number of carboxylic acids is 1. The maximum Gasteiger partial charge on any atom is 0.308 e. The van der Waals surface area contributed by atoms with Gasteiger partial charge in [-0.3, -0.25) is 9.59 Å². The Morgan fingerprint density at radius 2 is 2.15 bits per heavy atom. The summed E-state index contributed by atoms with van der Waals surface area (Å²) in [5.41, 5.74) is 0.721. The van der Waals surface area contributed by atoms with Crippen LogP contribution in [0.5, 0.6) is 0 Å². The molecule has 4 nitrogen and oxygen atoms in total. The Morgan fingerprint density at radius 1 is 1.45 bits per heavy atom. The Hall–Kier alpha value is -1.55. The van der Waals surface area contributed by atoms with E-state index in [1.54, 1.807) is 17.0 Å². The van der Waals surface area contributed by atoms with Crippen LogP contribution in [0.1, 0.15) is 37.8 Å². The van der Waals surface area contributed by atoms with Crippen LogP contribution in [0, 0.1) is 5.92 Å². The van der Waals surface area contributed by atoms with Crippen molar-refractivity contribution in [2.24, 2.45) is 5.92 Å². The van der Waals surface area contributed by atoms with Gasteiger partial charge in [0.1, 0.15) is 0 Å². The number of hydrogen-bond acceptors (Lipinski definition) is 2. The molecule has 5 heteroatoms. The number of carbonyl (C=O) groups excluding carboxylic acids is 1. The fourth-order valence-corrected chi connectivity index (χ4v) is 3.13. The van der Waals surface area contributed by atoms with Crippen LogP contribution in [0.15, 0.2) is 24.3 Å². The standard InChI is InChI=1S/C15H18ClNO3/c1-2-17-13(18)9-5-7-11(15(19)20)14(17)10-6-3-4-8-12(10)16/h3-4,6,8,11,14H,2,5,7,9H2,1H3,(H,19,20). The molecule has 1 N–H and O–H groups in total. The van der Waals surface area contributed by atoms with E-state index in [4.69, 9.17) is 11.6 Å². The lowest BCUT2D eigenvalue weighted by atomic mass is 9.89. The quantitative estimate of drug-likeness (QED) is 0.932. The highest BCUT2D eigenvalue weighted by molar-refractivity contribution is 6.31. The monoisotopic (exact) mass is 295 g/mol. The zero-order chi connectivity index (χ0) is 14.7. The predicted octanol–water partition coefficient (Wildman–Crippen LogP) is 3.11. The summed E-state index contributed by atoms with van der Waals surface area (Å²) in [6.07, 6.45) is 1.50. The number of halogens is 1. The Balaban J connectivity index is 2.51. The Kier molecular flexibility index (Phi) is 4.65. The van der Waals surface area contributed by atoms with Crippen LogP contribution in [-0.4, -0.2) is 28.4 Å². The molecule has 20 heavy (non-hydrogen) atoms. The molecule has 0 spiro atoms. The van der Waals surface area contributed by atoms with E-state index in [0.29, 0.717) is 30.8 Å². The maximum atomic E-state index is 12.2. The zero-order valence-corrected chi connectivity index (χ0v) is 12.1. The summed E-state index contributed by atoms with van der Waals surface area (Å²) < 4.78 is 0. The van der Waals surface area contributed by atoms with E-state index in [-0.39, 0.29) is 5.91 Å². The Bertz CT molecular complexity index is 516. The number of carboxylic acid groups (broad SMARTS) is 1. The number of aliphatic carboxylic acids is 1. The number of carbonyl (C=O) groups is 2. The molecule has 0 aliphatic carbocycles. The van der Waals surface area contributed by atoms with Gasteiger partial charge in [0.25, 0.3) is 0 Å². The first kappa shape index (κ1) is 14.9. The molecule has 1 aliphatic heterocycles. The normalized spacial score (nSPS) is 23.5. The smallest absolute Gasteiger partial charge is 0.308 e. The van der Waals surface area contributed by atoms with Crippen LogP contribution in [0.4, 0.5) is 0 Å². The van der Waals surface area contributed by atoms with Crippen molar-refractivity contribution in [3.05, 3.63) is 34.9 Å². The van der Waals surface area contributed by atoms with Crippen LogP contribution in [0.3, 0.4) is 0 Å². The van der Waals surface area contributed by atoms with Crippen molar-refractivity contribution < 1.29 is 14.7 Å². The van der Waals surface area contributed by atoms with Crippen molar-refractivity contribution in [1.29, 1.82) is 0 Å². The molecule has 1 amide bonds. The maximum absolute atomic E-state index is 12.2. The van der Waals surface area contributed by atoms with Gasteiger partial charge in [-0.25, -0.2) is 0 Å². The molecule has 0 saturated carbocycles. The zero-order valence-electron chi connectivity index (χ0n) is 11.4. The molecule has 2 rings (SSSR count). The highest BCUT2D eigenvalue weighted by atomic mass is 35.5. The van der Waals surface area contributed by atoms with E-state index in [0.717, 1.165) is 5.56 Å². The Morgan fingerprint density at radius 3 is 2.75 bits per heavy atom. The van der Waals surface area contributed by atoms with Gasteiger partial charge in [0.2, 0.25) is 5.91 Å². The number of benzene rings is 1. The number of nitrogens with zero attached hydrogens (tertiary/aromatic N) is 1. The third-order valence-corrected chi connectivity index (χ3v) is 4.17. The molecule has 1 aromatic carbocycles. The van der Waals surface area contributed by atoms with Crippen LogP contribution in [-0.2, 0) is 9.59 Å². The van der Waals surface area contributed by atoms with Crippen molar-refractivity contribution in [2.75, 3.05) is 6.54 Å². The van der Waals surface area contributed by atoms with Gasteiger partial charge in [0.05, 0.1) is 12.0 Å². The third-order valence-electron chi connectivity index (χ3n) is 3.82. The minimum atomic E-state index is -0.872. The van der Waals surface area contributed by atoms with Gasteiger partial charge >= 0.3 is 5.97 Å². The van der Waals surface area contributed by atoms with Crippen LogP contribution < -0.4 is 0 Å². The Labute approximate surface area is 123 Å². The lowest BCUT2D eigenvalue weighted by Crippen LogP contribution is -2.39. The first-order chi connectivity index (χ1) is 9.56. The van der Waals surface area contributed by atoms with Gasteiger partial charge in [-0.1, -0.05) is 29.8 Å². The molecule has 1 heterocycles. The molecule has 1 aromatic rings. The van der Waals surface area contributed by atoms with Crippen molar-refractivity contribution in [3.8, 4) is 0 Å². The average molecular weight is 296 g/mol. The predicted molar refractivity (Wildman–Crippen MR) is 76.6 cm³/mol. The molecule has 0 bridgehead atoms. The molecule has 1 aliphatic rings. The number of amides is 1. The highest BCUT2D eigenvalue weighted by Gasteiger charge is 2.38. The topological polar surface area (TPSA) is 57.6 Å². The van der Waals surface area contributed by atoms with Crippen molar-refractivity contribution in [3.63, 3.8) is 0 Å². The van der Waals surface area contributed by atoms with Crippen molar-refractivity contribution in [1.82, 2.24) is 4.90 Å². The van der Waals surface area contributed by atoms with E-state index >= 15 is 0 Å². The number of hydrogen-bond donors (Lipinski definition) is 1. The highest BCUT2D eigenvalue weighted by Crippen LogP contribution is 2.38. The summed E-state index contributed by atoms with van der Waals surface area (Å²) in [6.45, 7) is 2.35. The second kappa shape index (κ2) is 6.27. The average Bonchev–Trinajstić information content (AvgIpc) is 2.58. The molecular weight excluding hydrogens is 278 g/mol. The summed E-state index contributed by atoms with van der Waals surface area (Å²) >= 11 is 6.22. The summed E-state index contributed by atoms with van der Waals surface area (Å²) in [5, 5.41) is 10.0. The molecule has 0 aromatic heterocycles. The first-order valence-electron chi connectivity index (χ1n) is 6.83. The molecule has 108 valence electrons. The SMILES string of the molecule is CCN1C(=O)CCCC(C(=O)O)C1c1ccccc1Cl. The van der Waals surface area contributed by atoms with E-state index in [2.05, 4.69) is 0 Å². The van der Waals surface area contributed by atoms with Gasteiger partial charge in [-0.2, -0.15) is 0 Å². The van der Waals surface area contributed by atoms with Gasteiger partial charge in [0, 0.05) is 18.0 Å². The van der Waals surface area contributed by atoms with Crippen LogP contribution in [0.2, 0.25) is 5.02 Å². The largest absolute Gasteiger partial charge is 0.481 e. The van der Waals surface area contributed by atoms with E-state index in [1.807, 2.05) is 19.1 Å². The van der Waals surface area contributed by atoms with Gasteiger partial charge in [-0.05, 0) is 31.4 Å². The summed E-state index contributed by atoms with van der Waals surface area (Å²) in [4.78, 5) is 25.4. The number of rotatable bonds is 3. The molecule has 1 saturated heterocycles. The minimum absolute atomic E-state index is 0.00108. The van der Waals surface area contributed by atoms with Crippen molar-refractivity contribution >= 4 is 23.5 Å². The fraction of sp³-hybridized carbons (Fsp3) is 0.467. The third kappa shape index (κ3) is 2.80. The van der Waals surface area contributed by atoms with Gasteiger partial charge < -0.3 is 10.0 Å². The van der Waals surface area contributed by atoms with E-state index in [1.165, 1.54) is 0 Å². The summed E-state index contributed by atoms with van der Waals surface area (Å²) in [5.74, 6) is -1.48. The molecule has 2 unspecified atom stereocenters. The molecule has 1 fully saturated rings. The van der Waals surface area contributed by atoms with Gasteiger partial charge in [-0.15, -0.1) is 0 Å². The van der Waals surface area contributed by atoms with Crippen molar-refractivity contribution in [2.45, 2.75) is 32.2 Å². The lowest BCUT2D eigenvalue weighted by molar-refractivity contribution is -0.146. The van der Waals surface area contributed by atoms with E-state index < -0.39 is 17.9 Å². The van der Waals surface area contributed by atoms with E-state index in [9.17, 15) is 14.7 Å². The van der Waals surface area contributed by atoms with Crippen LogP contribution in [0.25, 0.3) is 0 Å². The second-order valence-corrected chi connectivity index (χ2v) is 5.39. The fourth-order valence-electron chi connectivity index (χ4n) is 2.88. The summed E-state index contributed by atoms with van der Waals surface area (Å²) in [7, 11) is 0. The molecule has 0 radical (unpaired) electrons. The molecular formula is C15H18ClNO3. The van der Waals surface area contributed by atoms with Crippen LogP contribution >= 0.6 is 11.6 Å². The molecule has 2 atom stereocenters.